The van der Waals surface area contributed by atoms with Gasteiger partial charge in [-0.05, 0) is 51.5 Å². The van der Waals surface area contributed by atoms with Crippen molar-refractivity contribution in [1.82, 2.24) is 5.32 Å². The number of para-hydroxylation sites is 1. The molecule has 0 saturated heterocycles. The molecular formula is C26H28F3NO6. The van der Waals surface area contributed by atoms with E-state index in [-0.39, 0.29) is 22.1 Å². The Hall–Kier alpha value is -3.82. The Morgan fingerprint density at radius 2 is 1.67 bits per heavy atom. The molecule has 0 spiro atoms. The number of amides is 1. The van der Waals surface area contributed by atoms with Crippen molar-refractivity contribution in [2.75, 3.05) is 0 Å². The van der Waals surface area contributed by atoms with Crippen LogP contribution in [-0.2, 0) is 15.7 Å². The van der Waals surface area contributed by atoms with Gasteiger partial charge in [-0.2, -0.15) is 13.2 Å². The van der Waals surface area contributed by atoms with Gasteiger partial charge in [0, 0.05) is 5.56 Å². The molecule has 0 saturated carbocycles. The lowest BCUT2D eigenvalue weighted by Crippen LogP contribution is -2.43. The quantitative estimate of drug-likeness (QED) is 0.348. The lowest BCUT2D eigenvalue weighted by Gasteiger charge is -2.22. The van der Waals surface area contributed by atoms with Crippen molar-refractivity contribution in [3.63, 3.8) is 0 Å². The van der Waals surface area contributed by atoms with E-state index in [0.29, 0.717) is 0 Å². The Labute approximate surface area is 205 Å². The number of hydrogen-bond acceptors (Lipinski definition) is 6. The van der Waals surface area contributed by atoms with Gasteiger partial charge < -0.3 is 19.6 Å². The summed E-state index contributed by atoms with van der Waals surface area (Å²) in [5.74, 6) is -2.55. The number of halogens is 3. The second-order valence-corrected chi connectivity index (χ2v) is 8.60. The van der Waals surface area contributed by atoms with E-state index in [4.69, 9.17) is 9.15 Å². The molecule has 0 radical (unpaired) electrons. The van der Waals surface area contributed by atoms with E-state index in [1.165, 1.54) is 37.3 Å². The average molecular weight is 508 g/mol. The van der Waals surface area contributed by atoms with Gasteiger partial charge in [-0.15, -0.1) is 0 Å². The van der Waals surface area contributed by atoms with Crippen LogP contribution in [0.3, 0.4) is 0 Å². The first-order chi connectivity index (χ1) is 16.7. The highest BCUT2D eigenvalue weighted by molar-refractivity contribution is 6.05. The third-order valence-electron chi connectivity index (χ3n) is 4.74. The van der Waals surface area contributed by atoms with Crippen molar-refractivity contribution < 1.29 is 37.0 Å². The molecule has 3 aromatic rings. The van der Waals surface area contributed by atoms with Gasteiger partial charge in [-0.1, -0.05) is 38.1 Å². The van der Waals surface area contributed by atoms with E-state index >= 15 is 0 Å². The fourth-order valence-electron chi connectivity index (χ4n) is 3.22. The topological polar surface area (TPSA) is 106 Å². The minimum atomic E-state index is -4.58. The molecule has 36 heavy (non-hydrogen) atoms. The third-order valence-corrected chi connectivity index (χ3v) is 4.74. The van der Waals surface area contributed by atoms with Crippen LogP contribution >= 0.6 is 0 Å². The van der Waals surface area contributed by atoms with Gasteiger partial charge in [0.05, 0.1) is 10.9 Å². The van der Waals surface area contributed by atoms with E-state index < -0.39 is 52.2 Å². The number of carbonyl (C=O) groups excluding carboxylic acids is 2. The van der Waals surface area contributed by atoms with Gasteiger partial charge in [0.15, 0.2) is 5.56 Å². The van der Waals surface area contributed by atoms with Gasteiger partial charge in [0.2, 0.25) is 0 Å². The summed E-state index contributed by atoms with van der Waals surface area (Å²) in [7, 11) is 0. The number of alkyl halides is 3. The molecule has 7 nitrogen and oxygen atoms in total. The Kier molecular flexibility index (Phi) is 8.56. The zero-order chi connectivity index (χ0) is 27.4. The molecule has 3 rings (SSSR count). The van der Waals surface area contributed by atoms with Crippen LogP contribution in [0.4, 0.5) is 13.2 Å². The van der Waals surface area contributed by atoms with Crippen LogP contribution in [-0.4, -0.2) is 28.6 Å². The van der Waals surface area contributed by atoms with Crippen LogP contribution in [0.2, 0.25) is 0 Å². The Balaban J connectivity index is 0.00000222. The van der Waals surface area contributed by atoms with Gasteiger partial charge >= 0.3 is 17.8 Å². The van der Waals surface area contributed by atoms with Crippen LogP contribution in [0.15, 0.2) is 51.7 Å². The number of esters is 1. The standard InChI is InChI=1S/C24H22F3NO6.C2H6/c1-12(21(31)34-23(2,3)4)28-20(30)17-18(29)16-10-6-9-15(19(16)33-22(17)32)13-7-5-8-14(11-13)24(25,26)27;1-2/h5-12,29H,1-4H3,(H,28,30);1-2H3. The van der Waals surface area contributed by atoms with Crippen molar-refractivity contribution >= 4 is 22.8 Å². The fourth-order valence-corrected chi connectivity index (χ4v) is 3.22. The third kappa shape index (κ3) is 6.44. The number of hydrogen-bond donors (Lipinski definition) is 2. The number of carbonyl (C=O) groups is 2. The number of benzene rings is 2. The monoisotopic (exact) mass is 507 g/mol. The number of ether oxygens (including phenoxy) is 1. The maximum absolute atomic E-state index is 13.1. The molecule has 1 aromatic heterocycles. The molecule has 0 fully saturated rings. The van der Waals surface area contributed by atoms with Crippen molar-refractivity contribution in [2.24, 2.45) is 0 Å². The van der Waals surface area contributed by atoms with Crippen LogP contribution in [0.5, 0.6) is 5.75 Å². The SMILES string of the molecule is CC.CC(NC(=O)c1c(O)c2cccc(-c3cccc(C(F)(F)F)c3)c2oc1=O)C(=O)OC(C)(C)C. The second kappa shape index (κ2) is 10.8. The van der Waals surface area contributed by atoms with Gasteiger partial charge in [-0.3, -0.25) is 4.79 Å². The zero-order valence-electron chi connectivity index (χ0n) is 20.7. The Morgan fingerprint density at radius 1 is 1.06 bits per heavy atom. The predicted octanol–water partition coefficient (Wildman–Crippen LogP) is 5.67. The van der Waals surface area contributed by atoms with E-state index in [9.17, 15) is 32.7 Å². The molecular weight excluding hydrogens is 479 g/mol. The largest absolute Gasteiger partial charge is 0.506 e. The van der Waals surface area contributed by atoms with Crippen molar-refractivity contribution in [1.29, 1.82) is 0 Å². The lowest BCUT2D eigenvalue weighted by molar-refractivity contribution is -0.156. The molecule has 0 aliphatic rings. The molecule has 2 aromatic carbocycles. The van der Waals surface area contributed by atoms with Crippen molar-refractivity contribution in [3.8, 4) is 16.9 Å². The number of nitrogens with one attached hydrogen (secondary N) is 1. The molecule has 1 amide bonds. The summed E-state index contributed by atoms with van der Waals surface area (Å²) in [6.45, 7) is 10.3. The fraction of sp³-hybridized carbons (Fsp3) is 0.346. The summed E-state index contributed by atoms with van der Waals surface area (Å²) in [5.41, 5.74) is -3.66. The van der Waals surface area contributed by atoms with Crippen molar-refractivity contribution in [3.05, 3.63) is 64.0 Å². The lowest BCUT2D eigenvalue weighted by atomic mass is 9.99. The predicted molar refractivity (Wildman–Crippen MR) is 129 cm³/mol. The molecule has 1 unspecified atom stereocenters. The van der Waals surface area contributed by atoms with E-state index in [1.807, 2.05) is 13.8 Å². The first kappa shape index (κ1) is 28.4. The minimum absolute atomic E-state index is 0.0652. The zero-order valence-corrected chi connectivity index (χ0v) is 20.7. The summed E-state index contributed by atoms with van der Waals surface area (Å²) >= 11 is 0. The van der Waals surface area contributed by atoms with Crippen LogP contribution in [0, 0.1) is 0 Å². The van der Waals surface area contributed by atoms with Gasteiger partial charge in [-0.25, -0.2) is 9.59 Å². The smallest absolute Gasteiger partial charge is 0.416 e. The van der Waals surface area contributed by atoms with Crippen LogP contribution < -0.4 is 10.9 Å². The first-order valence-electron chi connectivity index (χ1n) is 11.2. The molecule has 194 valence electrons. The molecule has 10 heteroatoms. The summed E-state index contributed by atoms with van der Waals surface area (Å²) < 4.78 is 49.8. The van der Waals surface area contributed by atoms with Crippen LogP contribution in [0.25, 0.3) is 22.1 Å². The van der Waals surface area contributed by atoms with Crippen LogP contribution in [0.1, 0.15) is 57.5 Å². The summed E-state index contributed by atoms with van der Waals surface area (Å²) in [4.78, 5) is 37.4. The second-order valence-electron chi connectivity index (χ2n) is 8.60. The van der Waals surface area contributed by atoms with Gasteiger partial charge in [0.25, 0.3) is 5.91 Å². The van der Waals surface area contributed by atoms with E-state index in [0.717, 1.165) is 12.1 Å². The highest BCUT2D eigenvalue weighted by Gasteiger charge is 2.31. The maximum atomic E-state index is 13.1. The molecule has 0 aliphatic carbocycles. The normalized spacial score (nSPS) is 12.4. The molecule has 0 bridgehead atoms. The Morgan fingerprint density at radius 3 is 2.25 bits per heavy atom. The molecule has 1 heterocycles. The highest BCUT2D eigenvalue weighted by Crippen LogP contribution is 2.36. The number of aromatic hydroxyl groups is 1. The van der Waals surface area contributed by atoms with Gasteiger partial charge in [0.1, 0.15) is 23.0 Å². The van der Waals surface area contributed by atoms with Crippen molar-refractivity contribution in [2.45, 2.75) is 59.4 Å². The summed E-state index contributed by atoms with van der Waals surface area (Å²) in [5, 5.41) is 12.9. The average Bonchev–Trinajstić information content (AvgIpc) is 2.78. The first-order valence-corrected chi connectivity index (χ1v) is 11.2. The number of rotatable bonds is 4. The molecule has 0 aliphatic heterocycles. The molecule has 1 atom stereocenters. The summed E-state index contributed by atoms with van der Waals surface area (Å²) in [6.07, 6.45) is -4.58. The van der Waals surface area contributed by atoms with E-state index in [2.05, 4.69) is 5.32 Å². The summed E-state index contributed by atoms with van der Waals surface area (Å²) in [6, 6.07) is 7.44. The maximum Gasteiger partial charge on any atom is 0.416 e. The molecule has 2 N–H and O–H groups in total. The Bertz CT molecular complexity index is 1320. The van der Waals surface area contributed by atoms with E-state index in [1.54, 1.807) is 20.8 Å². The highest BCUT2D eigenvalue weighted by atomic mass is 19.4. The minimum Gasteiger partial charge on any atom is -0.506 e. The number of fused-ring (bicyclic) bond motifs is 1.